The van der Waals surface area contributed by atoms with Gasteiger partial charge in [0.25, 0.3) is 15.9 Å². The normalized spacial score (nSPS) is 21.0. The number of carbonyl (C=O) groups is 2. The Hall–Kier alpha value is -1.93. The fourth-order valence-corrected chi connectivity index (χ4v) is 5.57. The first kappa shape index (κ1) is 19.8. The number of sulfonamides is 1. The minimum Gasteiger partial charge on any atom is -0.348 e. The van der Waals surface area contributed by atoms with Gasteiger partial charge < -0.3 is 10.2 Å². The van der Waals surface area contributed by atoms with Crippen molar-refractivity contribution in [2.75, 3.05) is 19.6 Å². The van der Waals surface area contributed by atoms with E-state index in [1.807, 2.05) is 13.8 Å². The summed E-state index contributed by atoms with van der Waals surface area (Å²) in [6, 6.07) is 4.94. The Morgan fingerprint density at radius 3 is 2.44 bits per heavy atom. The van der Waals surface area contributed by atoms with Gasteiger partial charge in [0, 0.05) is 12.1 Å². The lowest BCUT2D eigenvalue weighted by Crippen LogP contribution is -2.57. The molecule has 1 atom stereocenters. The van der Waals surface area contributed by atoms with Crippen LogP contribution in [0.2, 0.25) is 0 Å². The molecule has 1 N–H and O–H groups in total. The summed E-state index contributed by atoms with van der Waals surface area (Å²) in [7, 11) is -4.01. The van der Waals surface area contributed by atoms with Crippen LogP contribution >= 0.6 is 0 Å². The molecule has 1 fully saturated rings. The molecule has 8 heteroatoms. The average Bonchev–Trinajstić information content (AvgIpc) is 2.81. The summed E-state index contributed by atoms with van der Waals surface area (Å²) in [5.74, 6) is -1.12. The van der Waals surface area contributed by atoms with E-state index >= 15 is 0 Å². The van der Waals surface area contributed by atoms with Gasteiger partial charge in [-0.15, -0.1) is 0 Å². The van der Waals surface area contributed by atoms with Crippen LogP contribution in [-0.4, -0.2) is 60.7 Å². The van der Waals surface area contributed by atoms with Crippen LogP contribution in [0.3, 0.4) is 0 Å². The largest absolute Gasteiger partial charge is 0.348 e. The summed E-state index contributed by atoms with van der Waals surface area (Å²) in [5.41, 5.74) is -0.410. The first-order valence-electron chi connectivity index (χ1n) is 9.36. The predicted octanol–water partition coefficient (Wildman–Crippen LogP) is 1.60. The first-order chi connectivity index (χ1) is 12.6. The van der Waals surface area contributed by atoms with Gasteiger partial charge in [-0.1, -0.05) is 18.6 Å². The Kier molecular flexibility index (Phi) is 5.31. The van der Waals surface area contributed by atoms with E-state index in [4.69, 9.17) is 0 Å². The van der Waals surface area contributed by atoms with E-state index < -0.39 is 33.4 Å². The molecule has 0 radical (unpaired) electrons. The SMILES string of the molecule is C[C@H](C(=O)NC(C)(C)CN1CCCCC1)N1C(=O)c2ccccc2S1(=O)=O. The molecule has 148 valence electrons. The van der Waals surface area contributed by atoms with Crippen LogP contribution in [0, 0.1) is 0 Å². The molecule has 1 aromatic carbocycles. The van der Waals surface area contributed by atoms with E-state index in [0.29, 0.717) is 10.8 Å². The number of nitrogens with zero attached hydrogens (tertiary/aromatic N) is 2. The Morgan fingerprint density at radius 2 is 1.81 bits per heavy atom. The van der Waals surface area contributed by atoms with Crippen molar-refractivity contribution in [3.05, 3.63) is 29.8 Å². The van der Waals surface area contributed by atoms with E-state index in [0.717, 1.165) is 25.9 Å². The second-order valence-corrected chi connectivity index (χ2v) is 9.77. The highest BCUT2D eigenvalue weighted by Crippen LogP contribution is 2.31. The average molecular weight is 394 g/mol. The smallest absolute Gasteiger partial charge is 0.269 e. The molecule has 2 aliphatic heterocycles. The molecule has 0 bridgehead atoms. The minimum atomic E-state index is -4.01. The lowest BCUT2D eigenvalue weighted by Gasteiger charge is -2.36. The Balaban J connectivity index is 1.73. The maximum atomic E-state index is 12.8. The van der Waals surface area contributed by atoms with Crippen molar-refractivity contribution in [2.45, 2.75) is 56.5 Å². The maximum Gasteiger partial charge on any atom is 0.269 e. The van der Waals surface area contributed by atoms with Gasteiger partial charge in [0.1, 0.15) is 10.9 Å². The minimum absolute atomic E-state index is 0.0396. The van der Waals surface area contributed by atoms with Gasteiger partial charge in [0.2, 0.25) is 5.91 Å². The fraction of sp³-hybridized carbons (Fsp3) is 0.579. The number of likely N-dealkylation sites (tertiary alicyclic amines) is 1. The number of rotatable bonds is 5. The first-order valence-corrected chi connectivity index (χ1v) is 10.8. The van der Waals surface area contributed by atoms with Crippen molar-refractivity contribution in [3.8, 4) is 0 Å². The van der Waals surface area contributed by atoms with E-state index in [2.05, 4.69) is 10.2 Å². The number of hydrogen-bond acceptors (Lipinski definition) is 5. The number of hydrogen-bond donors (Lipinski definition) is 1. The maximum absolute atomic E-state index is 12.8. The van der Waals surface area contributed by atoms with Crippen LogP contribution < -0.4 is 5.32 Å². The number of carbonyl (C=O) groups excluding carboxylic acids is 2. The summed E-state index contributed by atoms with van der Waals surface area (Å²) >= 11 is 0. The lowest BCUT2D eigenvalue weighted by molar-refractivity contribution is -0.125. The third-order valence-electron chi connectivity index (χ3n) is 5.11. The Bertz CT molecular complexity index is 844. The molecule has 1 aromatic rings. The second kappa shape index (κ2) is 7.24. The van der Waals surface area contributed by atoms with E-state index in [9.17, 15) is 18.0 Å². The number of benzene rings is 1. The van der Waals surface area contributed by atoms with Crippen LogP contribution in [0.4, 0.5) is 0 Å². The predicted molar refractivity (Wildman–Crippen MR) is 102 cm³/mol. The highest BCUT2D eigenvalue weighted by Gasteiger charge is 2.46. The summed E-state index contributed by atoms with van der Waals surface area (Å²) in [6.07, 6.45) is 3.54. The topological polar surface area (TPSA) is 86.8 Å². The van der Waals surface area contributed by atoms with Crippen molar-refractivity contribution in [1.82, 2.24) is 14.5 Å². The molecule has 0 aromatic heterocycles. The summed E-state index contributed by atoms with van der Waals surface area (Å²) in [4.78, 5) is 27.7. The number of nitrogens with one attached hydrogen (secondary N) is 1. The quantitative estimate of drug-likeness (QED) is 0.821. The molecule has 0 spiro atoms. The monoisotopic (exact) mass is 393 g/mol. The molecule has 2 heterocycles. The van der Waals surface area contributed by atoms with Crippen molar-refractivity contribution in [1.29, 1.82) is 0 Å². The van der Waals surface area contributed by atoms with Crippen LogP contribution in [0.15, 0.2) is 29.2 Å². The Labute approximate surface area is 160 Å². The van der Waals surface area contributed by atoms with Crippen molar-refractivity contribution < 1.29 is 18.0 Å². The lowest BCUT2D eigenvalue weighted by atomic mass is 10.0. The molecular formula is C19H27N3O4S. The molecule has 0 aliphatic carbocycles. The van der Waals surface area contributed by atoms with Crippen LogP contribution in [0.5, 0.6) is 0 Å². The summed E-state index contributed by atoms with van der Waals surface area (Å²) in [6.45, 7) is 7.98. The fourth-order valence-electron chi connectivity index (χ4n) is 3.85. The van der Waals surface area contributed by atoms with E-state index in [-0.39, 0.29) is 10.5 Å². The Morgan fingerprint density at radius 1 is 1.19 bits per heavy atom. The molecule has 2 aliphatic rings. The van der Waals surface area contributed by atoms with Gasteiger partial charge in [-0.3, -0.25) is 9.59 Å². The zero-order chi connectivity index (χ0) is 19.8. The molecule has 7 nitrogen and oxygen atoms in total. The zero-order valence-corrected chi connectivity index (χ0v) is 16.9. The van der Waals surface area contributed by atoms with Crippen LogP contribution in [-0.2, 0) is 14.8 Å². The number of piperidine rings is 1. The van der Waals surface area contributed by atoms with E-state index in [1.54, 1.807) is 12.1 Å². The van der Waals surface area contributed by atoms with Crippen molar-refractivity contribution in [3.63, 3.8) is 0 Å². The molecule has 0 unspecified atom stereocenters. The summed E-state index contributed by atoms with van der Waals surface area (Å²) < 4.78 is 26.2. The molecule has 1 saturated heterocycles. The zero-order valence-electron chi connectivity index (χ0n) is 16.1. The van der Waals surface area contributed by atoms with Gasteiger partial charge in [-0.25, -0.2) is 12.7 Å². The van der Waals surface area contributed by atoms with Gasteiger partial charge >= 0.3 is 0 Å². The number of fused-ring (bicyclic) bond motifs is 1. The highest BCUT2D eigenvalue weighted by molar-refractivity contribution is 7.90. The summed E-state index contributed by atoms with van der Waals surface area (Å²) in [5, 5.41) is 2.93. The van der Waals surface area contributed by atoms with Gasteiger partial charge in [0.15, 0.2) is 0 Å². The van der Waals surface area contributed by atoms with Gasteiger partial charge in [0.05, 0.1) is 5.56 Å². The number of amides is 2. The standard InChI is InChI=1S/C19H27N3O4S/c1-14(17(23)20-19(2,3)13-21-11-7-4-8-12-21)22-18(24)15-9-5-6-10-16(15)27(22,25)26/h5-6,9-10,14H,4,7-8,11-13H2,1-3H3,(H,20,23)/t14-/m1/s1. The van der Waals surface area contributed by atoms with Crippen molar-refractivity contribution in [2.24, 2.45) is 0 Å². The van der Waals surface area contributed by atoms with Crippen LogP contribution in [0.1, 0.15) is 50.4 Å². The third kappa shape index (κ3) is 3.87. The highest BCUT2D eigenvalue weighted by atomic mass is 32.2. The van der Waals surface area contributed by atoms with Gasteiger partial charge in [-0.05, 0) is 58.8 Å². The molecular weight excluding hydrogens is 366 g/mol. The molecule has 2 amide bonds. The molecule has 27 heavy (non-hydrogen) atoms. The van der Waals surface area contributed by atoms with E-state index in [1.165, 1.54) is 25.5 Å². The molecule has 3 rings (SSSR count). The van der Waals surface area contributed by atoms with Crippen LogP contribution in [0.25, 0.3) is 0 Å². The second-order valence-electron chi connectivity index (χ2n) is 7.99. The van der Waals surface area contributed by atoms with Gasteiger partial charge in [-0.2, -0.15) is 0 Å². The third-order valence-corrected chi connectivity index (χ3v) is 7.03. The van der Waals surface area contributed by atoms with Crippen molar-refractivity contribution >= 4 is 21.8 Å². The molecule has 0 saturated carbocycles.